The largest absolute Gasteiger partial charge is 0.441 e. The molecule has 0 unspecified atom stereocenters. The van der Waals surface area contributed by atoms with Crippen LogP contribution in [0.15, 0.2) is 34.7 Å². The molecule has 200 valence electrons. The SMILES string of the molecule is CCCCN1C(=O)[C@H](CC2CCCCC2)NC(=O)C12CCN(Cc1nc(-c3ccccc3)oc1C)CC2. The highest BCUT2D eigenvalue weighted by Gasteiger charge is 2.53. The van der Waals surface area contributed by atoms with Crippen LogP contribution in [0.5, 0.6) is 0 Å². The maximum atomic E-state index is 13.8. The first kappa shape index (κ1) is 26.0. The summed E-state index contributed by atoms with van der Waals surface area (Å²) in [6.07, 6.45) is 10.2. The quantitative estimate of drug-likeness (QED) is 0.540. The summed E-state index contributed by atoms with van der Waals surface area (Å²) < 4.78 is 5.96. The van der Waals surface area contributed by atoms with E-state index < -0.39 is 5.54 Å². The van der Waals surface area contributed by atoms with Gasteiger partial charge in [-0.3, -0.25) is 14.5 Å². The third kappa shape index (κ3) is 5.47. The maximum absolute atomic E-state index is 13.8. The summed E-state index contributed by atoms with van der Waals surface area (Å²) in [7, 11) is 0. The number of carbonyl (C=O) groups excluding carboxylic acids is 2. The first-order valence-corrected chi connectivity index (χ1v) is 14.4. The van der Waals surface area contributed by atoms with Gasteiger partial charge in [0.05, 0.1) is 5.69 Å². The van der Waals surface area contributed by atoms with Gasteiger partial charge in [0.1, 0.15) is 17.3 Å². The molecular formula is C30H42N4O3. The number of oxazole rings is 1. The van der Waals surface area contributed by atoms with E-state index in [0.29, 0.717) is 37.7 Å². The summed E-state index contributed by atoms with van der Waals surface area (Å²) in [4.78, 5) is 36.5. The molecule has 5 rings (SSSR count). The number of hydrogen-bond donors (Lipinski definition) is 1. The summed E-state index contributed by atoms with van der Waals surface area (Å²) in [6.45, 7) is 6.98. The van der Waals surface area contributed by atoms with Crippen LogP contribution in [0.3, 0.4) is 0 Å². The zero-order chi connectivity index (χ0) is 25.8. The third-order valence-corrected chi connectivity index (χ3v) is 8.81. The van der Waals surface area contributed by atoms with Crippen molar-refractivity contribution in [2.45, 2.75) is 96.2 Å². The molecule has 1 saturated carbocycles. The predicted octanol–water partition coefficient (Wildman–Crippen LogP) is 5.08. The van der Waals surface area contributed by atoms with Crippen LogP contribution in [-0.4, -0.2) is 57.8 Å². The van der Waals surface area contributed by atoms with Crippen molar-refractivity contribution in [3.05, 3.63) is 41.8 Å². The highest BCUT2D eigenvalue weighted by Crippen LogP contribution is 2.36. The second-order valence-electron chi connectivity index (χ2n) is 11.3. The van der Waals surface area contributed by atoms with Gasteiger partial charge in [-0.15, -0.1) is 0 Å². The average molecular weight is 507 g/mol. The summed E-state index contributed by atoms with van der Waals surface area (Å²) in [5, 5.41) is 3.20. The van der Waals surface area contributed by atoms with E-state index in [1.165, 1.54) is 32.1 Å². The van der Waals surface area contributed by atoms with Gasteiger partial charge in [-0.1, -0.05) is 63.6 Å². The Kier molecular flexibility index (Phi) is 7.98. The minimum atomic E-state index is -0.722. The van der Waals surface area contributed by atoms with Crippen LogP contribution in [0.2, 0.25) is 0 Å². The van der Waals surface area contributed by atoms with Gasteiger partial charge in [-0.25, -0.2) is 4.98 Å². The number of hydrogen-bond acceptors (Lipinski definition) is 5. The number of benzene rings is 1. The van der Waals surface area contributed by atoms with E-state index in [0.717, 1.165) is 49.4 Å². The lowest BCUT2D eigenvalue weighted by molar-refractivity contribution is -0.162. The smallest absolute Gasteiger partial charge is 0.246 e. The molecule has 3 aliphatic rings. The van der Waals surface area contributed by atoms with Crippen LogP contribution in [0.1, 0.15) is 82.6 Å². The van der Waals surface area contributed by atoms with Crippen molar-refractivity contribution < 1.29 is 14.0 Å². The van der Waals surface area contributed by atoms with Gasteiger partial charge in [0.25, 0.3) is 0 Å². The lowest BCUT2D eigenvalue weighted by atomic mass is 9.79. The number of carbonyl (C=O) groups is 2. The molecule has 2 aliphatic heterocycles. The average Bonchev–Trinajstić information content (AvgIpc) is 3.29. The Morgan fingerprint density at radius 1 is 1.08 bits per heavy atom. The topological polar surface area (TPSA) is 78.7 Å². The van der Waals surface area contributed by atoms with Gasteiger partial charge in [-0.05, 0) is 50.7 Å². The lowest BCUT2D eigenvalue weighted by Gasteiger charge is -2.52. The fourth-order valence-corrected chi connectivity index (χ4v) is 6.50. The van der Waals surface area contributed by atoms with Crippen LogP contribution >= 0.6 is 0 Å². The summed E-state index contributed by atoms with van der Waals surface area (Å²) in [6, 6.07) is 9.61. The van der Waals surface area contributed by atoms with E-state index in [4.69, 9.17) is 9.40 Å². The van der Waals surface area contributed by atoms with E-state index in [1.54, 1.807) is 0 Å². The number of amides is 2. The molecule has 2 amide bonds. The van der Waals surface area contributed by atoms with Gasteiger partial charge in [0.15, 0.2) is 0 Å². The Balaban J connectivity index is 1.26. The molecule has 1 atom stereocenters. The summed E-state index contributed by atoms with van der Waals surface area (Å²) in [5.41, 5.74) is 1.19. The number of piperazine rings is 1. The number of nitrogens with zero attached hydrogens (tertiary/aromatic N) is 3. The minimum Gasteiger partial charge on any atom is -0.441 e. The van der Waals surface area contributed by atoms with Crippen molar-refractivity contribution in [1.82, 2.24) is 20.1 Å². The van der Waals surface area contributed by atoms with Crippen LogP contribution < -0.4 is 5.32 Å². The van der Waals surface area contributed by atoms with E-state index in [1.807, 2.05) is 42.2 Å². The van der Waals surface area contributed by atoms with Gasteiger partial charge in [0.2, 0.25) is 17.7 Å². The normalized spacial score (nSPS) is 23.0. The molecule has 3 heterocycles. The second kappa shape index (κ2) is 11.4. The van der Waals surface area contributed by atoms with E-state index in [2.05, 4.69) is 17.1 Å². The molecular weight excluding hydrogens is 464 g/mol. The van der Waals surface area contributed by atoms with Gasteiger partial charge < -0.3 is 14.6 Å². The first-order valence-electron chi connectivity index (χ1n) is 14.4. The van der Waals surface area contributed by atoms with E-state index in [-0.39, 0.29) is 17.9 Å². The van der Waals surface area contributed by atoms with Crippen molar-refractivity contribution in [2.75, 3.05) is 19.6 Å². The van der Waals surface area contributed by atoms with Crippen LogP contribution in [0, 0.1) is 12.8 Å². The molecule has 2 saturated heterocycles. The first-order chi connectivity index (χ1) is 18.0. The van der Waals surface area contributed by atoms with E-state index >= 15 is 0 Å². The summed E-state index contributed by atoms with van der Waals surface area (Å²) >= 11 is 0. The molecule has 1 aliphatic carbocycles. The zero-order valence-corrected chi connectivity index (χ0v) is 22.5. The van der Waals surface area contributed by atoms with Crippen molar-refractivity contribution in [3.8, 4) is 11.5 Å². The molecule has 1 N–H and O–H groups in total. The van der Waals surface area contributed by atoms with Crippen molar-refractivity contribution in [3.63, 3.8) is 0 Å². The summed E-state index contributed by atoms with van der Waals surface area (Å²) in [5.74, 6) is 2.24. The van der Waals surface area contributed by atoms with Gasteiger partial charge in [0, 0.05) is 31.7 Å². The number of aromatic nitrogens is 1. The highest BCUT2D eigenvalue weighted by atomic mass is 16.4. The van der Waals surface area contributed by atoms with Crippen molar-refractivity contribution in [1.29, 1.82) is 0 Å². The molecule has 0 bridgehead atoms. The lowest BCUT2D eigenvalue weighted by Crippen LogP contribution is -2.73. The molecule has 7 nitrogen and oxygen atoms in total. The maximum Gasteiger partial charge on any atom is 0.246 e. The standard InChI is InChI=1S/C30H42N4O3/c1-3-4-17-34-28(35)25(20-23-11-7-5-8-12-23)32-29(36)30(34)15-18-33(19-16-30)21-26-22(2)37-27(31-26)24-13-9-6-10-14-24/h6,9-10,13-14,23,25H,3-5,7-8,11-12,15-21H2,1-2H3,(H,32,36)/t25-/m0/s1. The number of aryl methyl sites for hydroxylation is 1. The Morgan fingerprint density at radius 3 is 2.51 bits per heavy atom. The Labute approximate surface area is 221 Å². The molecule has 37 heavy (non-hydrogen) atoms. The van der Waals surface area contributed by atoms with Crippen LogP contribution in [-0.2, 0) is 16.1 Å². The molecule has 7 heteroatoms. The highest BCUT2D eigenvalue weighted by molar-refractivity contribution is 6.00. The molecule has 1 aromatic carbocycles. The fourth-order valence-electron chi connectivity index (χ4n) is 6.50. The Morgan fingerprint density at radius 2 is 1.81 bits per heavy atom. The number of unbranched alkanes of at least 4 members (excludes halogenated alkanes) is 1. The van der Waals surface area contributed by atoms with Crippen molar-refractivity contribution >= 4 is 11.8 Å². The number of piperidine rings is 1. The molecule has 1 aromatic heterocycles. The molecule has 0 radical (unpaired) electrons. The van der Waals surface area contributed by atoms with E-state index in [9.17, 15) is 9.59 Å². The number of nitrogens with one attached hydrogen (secondary N) is 1. The minimum absolute atomic E-state index is 0.0626. The van der Waals surface area contributed by atoms with Crippen LogP contribution in [0.4, 0.5) is 0 Å². The second-order valence-corrected chi connectivity index (χ2v) is 11.3. The monoisotopic (exact) mass is 506 g/mol. The van der Waals surface area contributed by atoms with Crippen molar-refractivity contribution in [2.24, 2.45) is 5.92 Å². The number of likely N-dealkylation sites (tertiary alicyclic amines) is 1. The van der Waals surface area contributed by atoms with Gasteiger partial charge in [-0.2, -0.15) is 0 Å². The Hall–Kier alpha value is -2.67. The molecule has 3 fully saturated rings. The molecule has 2 aromatic rings. The Bertz CT molecular complexity index is 1070. The third-order valence-electron chi connectivity index (χ3n) is 8.81. The molecule has 1 spiro atoms. The predicted molar refractivity (Wildman–Crippen MR) is 144 cm³/mol. The zero-order valence-electron chi connectivity index (χ0n) is 22.5. The van der Waals surface area contributed by atoms with Gasteiger partial charge >= 0.3 is 0 Å². The van der Waals surface area contributed by atoms with Crippen LogP contribution in [0.25, 0.3) is 11.5 Å². The number of rotatable bonds is 8. The fraction of sp³-hybridized carbons (Fsp3) is 0.633.